The van der Waals surface area contributed by atoms with Gasteiger partial charge in [-0.25, -0.2) is 4.39 Å². The van der Waals surface area contributed by atoms with Crippen molar-refractivity contribution >= 4 is 12.7 Å². The van der Waals surface area contributed by atoms with Crippen LogP contribution in [0.25, 0.3) is 0 Å². The van der Waals surface area contributed by atoms with Gasteiger partial charge in [-0.3, -0.25) is 4.98 Å². The molecule has 1 aromatic heterocycles. The summed E-state index contributed by atoms with van der Waals surface area (Å²) in [4.78, 5) is 3.57. The van der Waals surface area contributed by atoms with Gasteiger partial charge in [-0.1, -0.05) is 6.08 Å². The van der Waals surface area contributed by atoms with E-state index in [4.69, 9.17) is 10.0 Å². The lowest BCUT2D eigenvalue weighted by Crippen LogP contribution is -2.35. The Balaban J connectivity index is 2.98. The zero-order valence-electron chi connectivity index (χ0n) is 6.94. The highest BCUT2D eigenvalue weighted by molar-refractivity contribution is 6.57. The van der Waals surface area contributed by atoms with E-state index in [1.807, 2.05) is 0 Å². The number of pyridine rings is 1. The Morgan fingerprint density at radius 3 is 2.77 bits per heavy atom. The van der Waals surface area contributed by atoms with Crippen molar-refractivity contribution in [2.75, 3.05) is 0 Å². The molecule has 0 aromatic carbocycles. The zero-order chi connectivity index (χ0) is 9.84. The summed E-state index contributed by atoms with van der Waals surface area (Å²) in [5, 5.41) is 17.3. The Labute approximate surface area is 75.7 Å². The van der Waals surface area contributed by atoms with Crippen LogP contribution >= 0.6 is 0 Å². The molecule has 0 amide bonds. The third-order valence-electron chi connectivity index (χ3n) is 1.55. The molecule has 1 aromatic rings. The minimum absolute atomic E-state index is 0.354. The quantitative estimate of drug-likeness (QED) is 0.494. The van der Waals surface area contributed by atoms with E-state index in [0.29, 0.717) is 12.0 Å². The topological polar surface area (TPSA) is 53.4 Å². The molecule has 0 radical (unpaired) electrons. The molecular weight excluding hydrogens is 172 g/mol. The summed E-state index contributed by atoms with van der Waals surface area (Å²) in [6, 6.07) is 1.21. The van der Waals surface area contributed by atoms with Crippen LogP contribution in [0.15, 0.2) is 24.9 Å². The van der Waals surface area contributed by atoms with Crippen LogP contribution in [0.4, 0.5) is 4.39 Å². The van der Waals surface area contributed by atoms with Crippen molar-refractivity contribution in [2.45, 2.75) is 6.42 Å². The van der Waals surface area contributed by atoms with Gasteiger partial charge in [0.05, 0.1) is 0 Å². The maximum absolute atomic E-state index is 13.0. The van der Waals surface area contributed by atoms with Crippen LogP contribution in [-0.2, 0) is 6.42 Å². The van der Waals surface area contributed by atoms with Gasteiger partial charge < -0.3 is 10.0 Å². The summed E-state index contributed by atoms with van der Waals surface area (Å²) < 4.78 is 13.0. The minimum atomic E-state index is -1.86. The molecular formula is C8H9BFNO2. The molecule has 0 unspecified atom stereocenters. The van der Waals surface area contributed by atoms with Gasteiger partial charge in [0, 0.05) is 6.20 Å². The Morgan fingerprint density at radius 2 is 2.31 bits per heavy atom. The molecule has 0 aliphatic rings. The Morgan fingerprint density at radius 1 is 1.62 bits per heavy atom. The largest absolute Gasteiger partial charge is 0.511 e. The second-order valence-corrected chi connectivity index (χ2v) is 2.58. The Hall–Kier alpha value is -1.20. The van der Waals surface area contributed by atoms with Gasteiger partial charge in [0.1, 0.15) is 11.4 Å². The first-order valence-electron chi connectivity index (χ1n) is 3.76. The molecule has 68 valence electrons. The first-order valence-corrected chi connectivity index (χ1v) is 3.76. The highest BCUT2D eigenvalue weighted by Crippen LogP contribution is 2.00. The highest BCUT2D eigenvalue weighted by Gasteiger charge is 2.18. The third kappa shape index (κ3) is 2.37. The van der Waals surface area contributed by atoms with Gasteiger partial charge in [0.2, 0.25) is 0 Å². The maximum atomic E-state index is 13.0. The van der Waals surface area contributed by atoms with Crippen LogP contribution in [0.2, 0.25) is 0 Å². The fraction of sp³-hybridized carbons (Fsp3) is 0.125. The molecule has 13 heavy (non-hydrogen) atoms. The number of aromatic nitrogens is 1. The number of hydrogen-bond donors (Lipinski definition) is 2. The summed E-state index contributed by atoms with van der Waals surface area (Å²) >= 11 is 0. The number of halogens is 1. The molecule has 0 aliphatic heterocycles. The van der Waals surface area contributed by atoms with E-state index in [-0.39, 0.29) is 5.59 Å². The van der Waals surface area contributed by atoms with Gasteiger partial charge in [0.25, 0.3) is 0 Å². The van der Waals surface area contributed by atoms with Gasteiger partial charge >= 0.3 is 7.12 Å². The van der Waals surface area contributed by atoms with Crippen molar-refractivity contribution in [1.29, 1.82) is 0 Å². The predicted molar refractivity (Wildman–Crippen MR) is 47.9 cm³/mol. The summed E-state index contributed by atoms with van der Waals surface area (Å²) in [6.07, 6.45) is 3.51. The first-order chi connectivity index (χ1) is 6.15. The Kier molecular flexibility index (Phi) is 3.16. The van der Waals surface area contributed by atoms with E-state index in [2.05, 4.69) is 11.6 Å². The average molecular weight is 181 g/mol. The molecule has 0 aliphatic carbocycles. The highest BCUT2D eigenvalue weighted by atomic mass is 19.1. The summed E-state index contributed by atoms with van der Waals surface area (Å²) in [7, 11) is -1.86. The van der Waals surface area contributed by atoms with Crippen molar-refractivity contribution in [3.05, 3.63) is 36.3 Å². The monoisotopic (exact) mass is 181 g/mol. The standard InChI is InChI=1S/C8H9BFNO2/c1-2-3-6-4-7(10)8(9(12)13)11-5-6/h2,4-5,12-13H,1,3H2. The van der Waals surface area contributed by atoms with Crippen molar-refractivity contribution < 1.29 is 14.4 Å². The van der Waals surface area contributed by atoms with Crippen molar-refractivity contribution in [3.63, 3.8) is 0 Å². The summed E-state index contributed by atoms with van der Waals surface area (Å²) in [5.41, 5.74) is 0.296. The number of hydrogen-bond acceptors (Lipinski definition) is 3. The van der Waals surface area contributed by atoms with Crippen LogP contribution in [0.5, 0.6) is 0 Å². The maximum Gasteiger partial charge on any atom is 0.511 e. The molecule has 1 rings (SSSR count). The third-order valence-corrected chi connectivity index (χ3v) is 1.55. The molecule has 3 nitrogen and oxygen atoms in total. The smallest absolute Gasteiger partial charge is 0.422 e. The second-order valence-electron chi connectivity index (χ2n) is 2.58. The van der Waals surface area contributed by atoms with Crippen LogP contribution in [-0.4, -0.2) is 22.2 Å². The second kappa shape index (κ2) is 4.16. The molecule has 0 bridgehead atoms. The SMILES string of the molecule is C=CCc1cnc(B(O)O)c(F)c1. The predicted octanol–water partition coefficient (Wildman–Crippen LogP) is -0.371. The number of allylic oxidation sites excluding steroid dienone is 1. The fourth-order valence-electron chi connectivity index (χ4n) is 0.956. The molecule has 0 saturated carbocycles. The fourth-order valence-corrected chi connectivity index (χ4v) is 0.956. The van der Waals surface area contributed by atoms with Crippen LogP contribution in [0.1, 0.15) is 5.56 Å². The van der Waals surface area contributed by atoms with Crippen LogP contribution < -0.4 is 5.59 Å². The molecule has 0 fully saturated rings. The van der Waals surface area contributed by atoms with Gasteiger partial charge in [-0.05, 0) is 18.1 Å². The van der Waals surface area contributed by atoms with E-state index in [1.54, 1.807) is 6.08 Å². The van der Waals surface area contributed by atoms with Gasteiger partial charge in [-0.15, -0.1) is 6.58 Å². The molecule has 0 saturated heterocycles. The first kappa shape index (κ1) is 9.89. The molecule has 0 atom stereocenters. The molecule has 1 heterocycles. The zero-order valence-corrected chi connectivity index (χ0v) is 6.94. The van der Waals surface area contributed by atoms with E-state index in [0.717, 1.165) is 0 Å². The summed E-state index contributed by atoms with van der Waals surface area (Å²) in [5.74, 6) is -0.714. The van der Waals surface area contributed by atoms with E-state index >= 15 is 0 Å². The summed E-state index contributed by atoms with van der Waals surface area (Å²) in [6.45, 7) is 3.49. The van der Waals surface area contributed by atoms with Crippen LogP contribution in [0.3, 0.4) is 0 Å². The molecule has 0 spiro atoms. The van der Waals surface area contributed by atoms with Gasteiger partial charge in [0.15, 0.2) is 0 Å². The number of nitrogens with zero attached hydrogens (tertiary/aromatic N) is 1. The normalized spacial score (nSPS) is 9.77. The Bertz CT molecular complexity index is 317. The lowest BCUT2D eigenvalue weighted by Gasteiger charge is -2.02. The van der Waals surface area contributed by atoms with Crippen molar-refractivity contribution in [3.8, 4) is 0 Å². The van der Waals surface area contributed by atoms with Crippen molar-refractivity contribution in [1.82, 2.24) is 4.98 Å². The minimum Gasteiger partial charge on any atom is -0.422 e. The lowest BCUT2D eigenvalue weighted by atomic mass is 9.85. The average Bonchev–Trinajstić information content (AvgIpc) is 2.04. The lowest BCUT2D eigenvalue weighted by molar-refractivity contribution is 0.421. The van der Waals surface area contributed by atoms with Gasteiger partial charge in [-0.2, -0.15) is 0 Å². The van der Waals surface area contributed by atoms with Crippen LogP contribution in [0, 0.1) is 5.82 Å². The molecule has 2 N–H and O–H groups in total. The molecule has 5 heteroatoms. The number of rotatable bonds is 3. The van der Waals surface area contributed by atoms with E-state index in [1.165, 1.54) is 12.3 Å². The van der Waals surface area contributed by atoms with E-state index in [9.17, 15) is 4.39 Å². The van der Waals surface area contributed by atoms with E-state index < -0.39 is 12.9 Å². The van der Waals surface area contributed by atoms with Crippen molar-refractivity contribution in [2.24, 2.45) is 0 Å².